The molecule has 10 heteroatoms. The van der Waals surface area contributed by atoms with Crippen LogP contribution < -0.4 is 14.8 Å². The van der Waals surface area contributed by atoms with E-state index >= 15 is 0 Å². The van der Waals surface area contributed by atoms with Crippen LogP contribution in [-0.4, -0.2) is 25.8 Å². The molecule has 1 amide bonds. The van der Waals surface area contributed by atoms with Gasteiger partial charge < -0.3 is 14.8 Å². The van der Waals surface area contributed by atoms with E-state index in [2.05, 4.69) is 5.32 Å². The van der Waals surface area contributed by atoms with Crippen LogP contribution in [0.1, 0.15) is 36.1 Å². The third-order valence-electron chi connectivity index (χ3n) is 4.35. The fourth-order valence-electron chi connectivity index (χ4n) is 2.79. The maximum atomic E-state index is 12.8. The molecule has 0 heterocycles. The third kappa shape index (κ3) is 7.69. The highest BCUT2D eigenvalue weighted by Crippen LogP contribution is 2.31. The number of carbonyl (C=O) groups is 1. The molecule has 0 spiro atoms. The summed E-state index contributed by atoms with van der Waals surface area (Å²) in [6.07, 6.45) is -8.70. The molecule has 0 aliphatic rings. The van der Waals surface area contributed by atoms with Crippen molar-refractivity contribution in [2.24, 2.45) is 0 Å². The quantitative estimate of drug-likeness (QED) is 0.544. The molecule has 0 aromatic heterocycles. The maximum absolute atomic E-state index is 12.8. The lowest BCUT2D eigenvalue weighted by Gasteiger charge is -2.16. The molecule has 2 aromatic rings. The van der Waals surface area contributed by atoms with Gasteiger partial charge in [0, 0.05) is 6.42 Å². The number of methoxy groups -OCH3 is 1. The van der Waals surface area contributed by atoms with Crippen molar-refractivity contribution in [3.63, 3.8) is 0 Å². The van der Waals surface area contributed by atoms with Crippen LogP contribution in [0.5, 0.6) is 11.5 Å². The van der Waals surface area contributed by atoms with Crippen molar-refractivity contribution in [2.75, 3.05) is 13.7 Å². The number of amides is 1. The van der Waals surface area contributed by atoms with E-state index in [9.17, 15) is 31.1 Å². The molecule has 0 aliphatic heterocycles. The summed E-state index contributed by atoms with van der Waals surface area (Å²) in [6, 6.07) is 8.36. The first kappa shape index (κ1) is 24.4. The molecule has 0 saturated heterocycles. The molecule has 1 atom stereocenters. The van der Waals surface area contributed by atoms with Crippen molar-refractivity contribution >= 4 is 5.91 Å². The Hall–Kier alpha value is -2.91. The minimum Gasteiger partial charge on any atom is -0.493 e. The number of aryl methyl sites for hydroxylation is 1. The van der Waals surface area contributed by atoms with Gasteiger partial charge in [0.2, 0.25) is 5.91 Å². The van der Waals surface area contributed by atoms with E-state index in [1.165, 1.54) is 37.4 Å². The number of nitrogens with one attached hydrogen (secondary N) is 1. The zero-order chi connectivity index (χ0) is 23.2. The summed E-state index contributed by atoms with van der Waals surface area (Å²) in [7, 11) is 1.28. The van der Waals surface area contributed by atoms with Crippen molar-refractivity contribution < 1.29 is 40.6 Å². The zero-order valence-electron chi connectivity index (χ0n) is 16.7. The van der Waals surface area contributed by atoms with Gasteiger partial charge in [-0.15, -0.1) is 0 Å². The monoisotopic (exact) mass is 449 g/mol. The van der Waals surface area contributed by atoms with Gasteiger partial charge >= 0.3 is 12.4 Å². The molecule has 1 unspecified atom stereocenters. The molecule has 31 heavy (non-hydrogen) atoms. The summed E-state index contributed by atoms with van der Waals surface area (Å²) < 4.78 is 85.2. The average molecular weight is 449 g/mol. The molecule has 0 radical (unpaired) electrons. The van der Waals surface area contributed by atoms with E-state index in [0.29, 0.717) is 11.1 Å². The second-order valence-corrected chi connectivity index (χ2v) is 6.80. The van der Waals surface area contributed by atoms with E-state index < -0.39 is 30.6 Å². The second-order valence-electron chi connectivity index (χ2n) is 6.80. The molecule has 2 aromatic carbocycles. The van der Waals surface area contributed by atoms with Crippen LogP contribution in [0.15, 0.2) is 42.5 Å². The van der Waals surface area contributed by atoms with Crippen LogP contribution in [0, 0.1) is 0 Å². The van der Waals surface area contributed by atoms with Crippen LogP contribution in [0.2, 0.25) is 0 Å². The minimum atomic E-state index is -4.49. The topological polar surface area (TPSA) is 47.6 Å². The summed E-state index contributed by atoms with van der Waals surface area (Å²) in [5, 5.41) is 2.63. The number of ether oxygens (including phenoxy) is 2. The van der Waals surface area contributed by atoms with Crippen LogP contribution >= 0.6 is 0 Å². The molecular weight excluding hydrogens is 428 g/mol. The summed E-state index contributed by atoms with van der Waals surface area (Å²) in [5.41, 5.74) is 0.139. The summed E-state index contributed by atoms with van der Waals surface area (Å²) in [4.78, 5) is 12.2. The smallest absolute Gasteiger partial charge is 0.422 e. The fraction of sp³-hybridized carbons (Fsp3) is 0.381. The Balaban J connectivity index is 1.95. The standard InChI is InChI=1S/C21H21F6NO3/c1-13(15-4-3-5-16(11-15)21(25,26)27)28-19(29)9-7-14-6-8-17(18(10-14)30-2)31-12-20(22,23)24/h3-6,8,10-11,13H,7,9,12H2,1-2H3,(H,28,29). The molecule has 170 valence electrons. The number of alkyl halides is 6. The van der Waals surface area contributed by atoms with Gasteiger partial charge in [-0.1, -0.05) is 18.2 Å². The van der Waals surface area contributed by atoms with Crippen molar-refractivity contribution in [1.82, 2.24) is 5.32 Å². The molecular formula is C21H21F6NO3. The van der Waals surface area contributed by atoms with Crippen molar-refractivity contribution in [2.45, 2.75) is 38.2 Å². The predicted molar refractivity (Wildman–Crippen MR) is 101 cm³/mol. The molecule has 0 aliphatic carbocycles. The molecule has 0 saturated carbocycles. The van der Waals surface area contributed by atoms with Crippen LogP contribution in [0.3, 0.4) is 0 Å². The normalized spacial score (nSPS) is 12.9. The molecule has 0 bridgehead atoms. The van der Waals surface area contributed by atoms with E-state index in [-0.39, 0.29) is 30.2 Å². The Kier molecular flexibility index (Phi) is 7.80. The first-order valence-corrected chi connectivity index (χ1v) is 9.22. The van der Waals surface area contributed by atoms with Crippen LogP contribution in [-0.2, 0) is 17.4 Å². The van der Waals surface area contributed by atoms with Crippen LogP contribution in [0.25, 0.3) is 0 Å². The summed E-state index contributed by atoms with van der Waals surface area (Å²) >= 11 is 0. The largest absolute Gasteiger partial charge is 0.493 e. The Labute approximate surface area is 175 Å². The lowest BCUT2D eigenvalue weighted by molar-refractivity contribution is -0.153. The summed E-state index contributed by atoms with van der Waals surface area (Å²) in [5.74, 6) is -0.369. The third-order valence-corrected chi connectivity index (χ3v) is 4.35. The van der Waals surface area contributed by atoms with Gasteiger partial charge in [-0.2, -0.15) is 26.3 Å². The van der Waals surface area contributed by atoms with E-state index in [1.54, 1.807) is 6.92 Å². The SMILES string of the molecule is COc1cc(CCC(=O)NC(C)c2cccc(C(F)(F)F)c2)ccc1OCC(F)(F)F. The van der Waals surface area contributed by atoms with Gasteiger partial charge in [0.15, 0.2) is 18.1 Å². The molecule has 1 N–H and O–H groups in total. The van der Waals surface area contributed by atoms with Gasteiger partial charge in [0.05, 0.1) is 18.7 Å². The van der Waals surface area contributed by atoms with Gasteiger partial charge in [-0.05, 0) is 48.7 Å². The lowest BCUT2D eigenvalue weighted by atomic mass is 10.0. The number of halogens is 6. The van der Waals surface area contributed by atoms with Gasteiger partial charge in [-0.3, -0.25) is 4.79 Å². The van der Waals surface area contributed by atoms with E-state index in [0.717, 1.165) is 12.1 Å². The van der Waals surface area contributed by atoms with E-state index in [4.69, 9.17) is 9.47 Å². The zero-order valence-corrected chi connectivity index (χ0v) is 16.7. The Morgan fingerprint density at radius 1 is 1.03 bits per heavy atom. The Bertz CT molecular complexity index is 895. The van der Waals surface area contributed by atoms with Gasteiger partial charge in [0.1, 0.15) is 0 Å². The van der Waals surface area contributed by atoms with Crippen molar-refractivity contribution in [3.05, 3.63) is 59.2 Å². The molecule has 2 rings (SSSR count). The number of rotatable bonds is 8. The molecule has 0 fully saturated rings. The van der Waals surface area contributed by atoms with Gasteiger partial charge in [0.25, 0.3) is 0 Å². The lowest BCUT2D eigenvalue weighted by Crippen LogP contribution is -2.27. The number of hydrogen-bond donors (Lipinski definition) is 1. The second kappa shape index (κ2) is 9.93. The van der Waals surface area contributed by atoms with E-state index in [1.807, 2.05) is 0 Å². The number of carbonyl (C=O) groups excluding carboxylic acids is 1. The van der Waals surface area contributed by atoms with Crippen molar-refractivity contribution in [1.29, 1.82) is 0 Å². The average Bonchev–Trinajstić information content (AvgIpc) is 2.69. The first-order valence-electron chi connectivity index (χ1n) is 9.22. The highest BCUT2D eigenvalue weighted by Gasteiger charge is 2.31. The predicted octanol–water partition coefficient (Wildman–Crippen LogP) is 5.47. The molecule has 4 nitrogen and oxygen atoms in total. The Morgan fingerprint density at radius 2 is 1.74 bits per heavy atom. The fourth-order valence-corrected chi connectivity index (χ4v) is 2.79. The number of benzene rings is 2. The summed E-state index contributed by atoms with van der Waals surface area (Å²) in [6.45, 7) is 0.113. The van der Waals surface area contributed by atoms with Crippen LogP contribution in [0.4, 0.5) is 26.3 Å². The number of hydrogen-bond acceptors (Lipinski definition) is 3. The highest BCUT2D eigenvalue weighted by molar-refractivity contribution is 5.76. The Morgan fingerprint density at radius 3 is 2.35 bits per heavy atom. The first-order chi connectivity index (χ1) is 14.4. The minimum absolute atomic E-state index is 0.0230. The van der Waals surface area contributed by atoms with Gasteiger partial charge in [-0.25, -0.2) is 0 Å². The maximum Gasteiger partial charge on any atom is 0.422 e. The van der Waals surface area contributed by atoms with Crippen molar-refractivity contribution in [3.8, 4) is 11.5 Å². The highest BCUT2D eigenvalue weighted by atomic mass is 19.4.